The summed E-state index contributed by atoms with van der Waals surface area (Å²) in [5, 5.41) is 0.740. The van der Waals surface area contributed by atoms with E-state index < -0.39 is 0 Å². The molecule has 2 nitrogen and oxygen atoms in total. The molecule has 1 aromatic carbocycles. The second-order valence-corrected chi connectivity index (χ2v) is 4.89. The second-order valence-electron chi connectivity index (χ2n) is 4.45. The van der Waals surface area contributed by atoms with Gasteiger partial charge in [0.15, 0.2) is 0 Å². The molecular weight excluding hydrogens is 222 g/mol. The molecule has 0 fully saturated rings. The first-order valence-electron chi connectivity index (χ1n) is 5.65. The quantitative estimate of drug-likeness (QED) is 0.858. The molecule has 0 bridgehead atoms. The highest BCUT2D eigenvalue weighted by atomic mass is 35.5. The lowest BCUT2D eigenvalue weighted by molar-refractivity contribution is 0.281. The highest BCUT2D eigenvalue weighted by molar-refractivity contribution is 6.30. The summed E-state index contributed by atoms with van der Waals surface area (Å²) in [6.45, 7) is 6.89. The molecule has 0 saturated heterocycles. The van der Waals surface area contributed by atoms with Crippen molar-refractivity contribution in [1.82, 2.24) is 0 Å². The van der Waals surface area contributed by atoms with Gasteiger partial charge in [-0.15, -0.1) is 0 Å². The largest absolute Gasteiger partial charge is 0.493 e. The first-order valence-corrected chi connectivity index (χ1v) is 6.03. The van der Waals surface area contributed by atoms with E-state index in [1.165, 1.54) is 0 Å². The van der Waals surface area contributed by atoms with Gasteiger partial charge in [0.1, 0.15) is 5.75 Å². The lowest BCUT2D eigenvalue weighted by atomic mass is 10.0. The van der Waals surface area contributed by atoms with Gasteiger partial charge in [-0.2, -0.15) is 0 Å². The number of hydrogen-bond donors (Lipinski definition) is 1. The summed E-state index contributed by atoms with van der Waals surface area (Å²) in [6.07, 6.45) is 0.875. The fraction of sp³-hybridized carbons (Fsp3) is 0.538. The Bertz CT molecular complexity index is 339. The molecule has 0 amide bonds. The average Bonchev–Trinajstić information content (AvgIpc) is 2.20. The van der Waals surface area contributed by atoms with E-state index in [0.29, 0.717) is 12.5 Å². The van der Waals surface area contributed by atoms with Crippen molar-refractivity contribution in [2.45, 2.75) is 33.2 Å². The summed E-state index contributed by atoms with van der Waals surface area (Å²) in [4.78, 5) is 0. The van der Waals surface area contributed by atoms with Crippen molar-refractivity contribution in [3.8, 4) is 5.75 Å². The minimum atomic E-state index is 0.201. The molecule has 1 unspecified atom stereocenters. The van der Waals surface area contributed by atoms with Crippen molar-refractivity contribution in [2.24, 2.45) is 11.7 Å². The van der Waals surface area contributed by atoms with Gasteiger partial charge in [-0.3, -0.25) is 0 Å². The summed E-state index contributed by atoms with van der Waals surface area (Å²) in [7, 11) is 0. The molecule has 1 aromatic rings. The Labute approximate surface area is 103 Å². The van der Waals surface area contributed by atoms with Gasteiger partial charge < -0.3 is 10.5 Å². The van der Waals surface area contributed by atoms with E-state index in [4.69, 9.17) is 22.1 Å². The van der Waals surface area contributed by atoms with Gasteiger partial charge in [-0.05, 0) is 43.0 Å². The van der Waals surface area contributed by atoms with Gasteiger partial charge in [0.25, 0.3) is 0 Å². The molecule has 0 aromatic heterocycles. The zero-order valence-corrected chi connectivity index (χ0v) is 10.9. The average molecular weight is 242 g/mol. The lowest BCUT2D eigenvalue weighted by Crippen LogP contribution is -2.28. The van der Waals surface area contributed by atoms with Crippen LogP contribution in [0.4, 0.5) is 0 Å². The van der Waals surface area contributed by atoms with E-state index in [1.807, 2.05) is 25.1 Å². The molecule has 0 radical (unpaired) electrons. The highest BCUT2D eigenvalue weighted by Crippen LogP contribution is 2.22. The molecule has 0 spiro atoms. The molecule has 2 N–H and O–H groups in total. The molecule has 0 aliphatic rings. The standard InChI is InChI=1S/C13H20ClNO/c1-9(2)12(15)6-7-16-13-5-4-11(14)8-10(13)3/h4-5,8-9,12H,6-7,15H2,1-3H3. The Morgan fingerprint density at radius 1 is 1.38 bits per heavy atom. The normalized spacial score (nSPS) is 12.9. The fourth-order valence-corrected chi connectivity index (χ4v) is 1.64. The first-order chi connectivity index (χ1) is 7.50. The molecule has 90 valence electrons. The number of hydrogen-bond acceptors (Lipinski definition) is 2. The number of rotatable bonds is 5. The third-order valence-corrected chi connectivity index (χ3v) is 2.94. The van der Waals surface area contributed by atoms with Crippen molar-refractivity contribution in [1.29, 1.82) is 0 Å². The third kappa shape index (κ3) is 4.03. The number of benzene rings is 1. The van der Waals surface area contributed by atoms with Crippen LogP contribution in [0.3, 0.4) is 0 Å². The van der Waals surface area contributed by atoms with Gasteiger partial charge in [-0.1, -0.05) is 25.4 Å². The Hall–Kier alpha value is -0.730. The minimum absolute atomic E-state index is 0.201. The number of nitrogens with two attached hydrogens (primary N) is 1. The molecule has 0 heterocycles. The van der Waals surface area contributed by atoms with E-state index in [2.05, 4.69) is 13.8 Å². The fourth-order valence-electron chi connectivity index (χ4n) is 1.41. The van der Waals surface area contributed by atoms with Crippen LogP contribution >= 0.6 is 11.6 Å². The highest BCUT2D eigenvalue weighted by Gasteiger charge is 2.08. The zero-order chi connectivity index (χ0) is 12.1. The lowest BCUT2D eigenvalue weighted by Gasteiger charge is -2.16. The molecule has 16 heavy (non-hydrogen) atoms. The molecule has 0 aliphatic heterocycles. The van der Waals surface area contributed by atoms with Gasteiger partial charge in [-0.25, -0.2) is 0 Å². The van der Waals surface area contributed by atoms with Gasteiger partial charge in [0.05, 0.1) is 6.61 Å². The van der Waals surface area contributed by atoms with Crippen LogP contribution in [0, 0.1) is 12.8 Å². The maximum Gasteiger partial charge on any atom is 0.122 e. The summed E-state index contributed by atoms with van der Waals surface area (Å²) < 4.78 is 5.67. The first kappa shape index (κ1) is 13.3. The van der Waals surface area contributed by atoms with E-state index in [0.717, 1.165) is 22.8 Å². The Kier molecular flexibility index (Phi) is 5.10. The summed E-state index contributed by atoms with van der Waals surface area (Å²) in [5.74, 6) is 1.38. The molecule has 3 heteroatoms. The predicted molar refractivity (Wildman–Crippen MR) is 69.1 cm³/mol. The summed E-state index contributed by atoms with van der Waals surface area (Å²) >= 11 is 5.87. The predicted octanol–water partition coefficient (Wildman–Crippen LogP) is 3.40. The van der Waals surface area contributed by atoms with Crippen LogP contribution in [0.25, 0.3) is 0 Å². The van der Waals surface area contributed by atoms with Crippen molar-refractivity contribution in [3.05, 3.63) is 28.8 Å². The van der Waals surface area contributed by atoms with Gasteiger partial charge >= 0.3 is 0 Å². The van der Waals surface area contributed by atoms with Crippen LogP contribution in [0.5, 0.6) is 5.75 Å². The van der Waals surface area contributed by atoms with Crippen LogP contribution in [0.15, 0.2) is 18.2 Å². The number of aryl methyl sites for hydroxylation is 1. The van der Waals surface area contributed by atoms with Crippen molar-refractivity contribution >= 4 is 11.6 Å². The third-order valence-electron chi connectivity index (χ3n) is 2.70. The van der Waals surface area contributed by atoms with Crippen molar-refractivity contribution in [2.75, 3.05) is 6.61 Å². The monoisotopic (exact) mass is 241 g/mol. The second kappa shape index (κ2) is 6.12. The maximum atomic E-state index is 5.94. The smallest absolute Gasteiger partial charge is 0.122 e. The molecular formula is C13H20ClNO. The maximum absolute atomic E-state index is 5.94. The van der Waals surface area contributed by atoms with Crippen LogP contribution in [-0.4, -0.2) is 12.6 Å². The van der Waals surface area contributed by atoms with Crippen molar-refractivity contribution < 1.29 is 4.74 Å². The van der Waals surface area contributed by atoms with Gasteiger partial charge in [0.2, 0.25) is 0 Å². The van der Waals surface area contributed by atoms with Crippen molar-refractivity contribution in [3.63, 3.8) is 0 Å². The van der Waals surface area contributed by atoms with E-state index in [1.54, 1.807) is 0 Å². The summed E-state index contributed by atoms with van der Waals surface area (Å²) in [5.41, 5.74) is 7.00. The SMILES string of the molecule is Cc1cc(Cl)ccc1OCCC(N)C(C)C. The van der Waals surface area contributed by atoms with E-state index >= 15 is 0 Å². The van der Waals surface area contributed by atoms with Crippen LogP contribution < -0.4 is 10.5 Å². The summed E-state index contributed by atoms with van der Waals surface area (Å²) in [6, 6.07) is 5.84. The molecule has 1 rings (SSSR count). The van der Waals surface area contributed by atoms with E-state index in [-0.39, 0.29) is 6.04 Å². The molecule has 0 saturated carbocycles. The minimum Gasteiger partial charge on any atom is -0.493 e. The van der Waals surface area contributed by atoms with Crippen LogP contribution in [0.2, 0.25) is 5.02 Å². The Morgan fingerprint density at radius 2 is 2.06 bits per heavy atom. The topological polar surface area (TPSA) is 35.2 Å². The van der Waals surface area contributed by atoms with Gasteiger partial charge in [0, 0.05) is 11.1 Å². The van der Waals surface area contributed by atoms with Crippen LogP contribution in [0.1, 0.15) is 25.8 Å². The Balaban J connectivity index is 2.43. The molecule has 0 aliphatic carbocycles. The van der Waals surface area contributed by atoms with Crippen LogP contribution in [-0.2, 0) is 0 Å². The Morgan fingerprint density at radius 3 is 2.62 bits per heavy atom. The molecule has 1 atom stereocenters. The number of ether oxygens (including phenoxy) is 1. The zero-order valence-electron chi connectivity index (χ0n) is 10.2. The number of halogens is 1. The van der Waals surface area contributed by atoms with E-state index in [9.17, 15) is 0 Å².